The van der Waals surface area contributed by atoms with Crippen molar-refractivity contribution in [2.75, 3.05) is 31.1 Å². The fraction of sp³-hybridized carbons (Fsp3) is 1.00. The highest BCUT2D eigenvalue weighted by atomic mass is 32.2. The monoisotopic (exact) mass is 228 g/mol. The Morgan fingerprint density at radius 2 is 2.20 bits per heavy atom. The molecule has 1 saturated carbocycles. The van der Waals surface area contributed by atoms with Crippen molar-refractivity contribution < 1.29 is 0 Å². The standard InChI is InChI=1S/C12H24N2S/c1-2-15-7-6-14-8-10-4-3-5-12(13)11(10)9-14/h10-12H,2-9,13H2,1H3. The first kappa shape index (κ1) is 11.7. The molecule has 1 aliphatic carbocycles. The van der Waals surface area contributed by atoms with Crippen LogP contribution in [-0.4, -0.2) is 42.1 Å². The number of hydrogen-bond donors (Lipinski definition) is 1. The van der Waals surface area contributed by atoms with Crippen LogP contribution in [0.4, 0.5) is 0 Å². The largest absolute Gasteiger partial charge is 0.327 e. The van der Waals surface area contributed by atoms with E-state index in [0.717, 1.165) is 11.8 Å². The Morgan fingerprint density at radius 1 is 1.33 bits per heavy atom. The summed E-state index contributed by atoms with van der Waals surface area (Å²) in [4.78, 5) is 2.64. The smallest absolute Gasteiger partial charge is 0.00825 e. The van der Waals surface area contributed by atoms with Gasteiger partial charge in [-0.3, -0.25) is 0 Å². The van der Waals surface area contributed by atoms with Crippen LogP contribution >= 0.6 is 11.8 Å². The van der Waals surface area contributed by atoms with E-state index in [-0.39, 0.29) is 0 Å². The molecule has 2 nitrogen and oxygen atoms in total. The van der Waals surface area contributed by atoms with Crippen molar-refractivity contribution in [3.05, 3.63) is 0 Å². The molecule has 0 spiro atoms. The Bertz CT molecular complexity index is 198. The van der Waals surface area contributed by atoms with Crippen LogP contribution in [0.15, 0.2) is 0 Å². The third kappa shape index (κ3) is 2.89. The maximum Gasteiger partial charge on any atom is 0.00825 e. The van der Waals surface area contributed by atoms with Gasteiger partial charge in [0, 0.05) is 31.4 Å². The average Bonchev–Trinajstić information content (AvgIpc) is 2.63. The lowest BCUT2D eigenvalue weighted by Gasteiger charge is -2.29. The minimum absolute atomic E-state index is 0.493. The number of thioether (sulfide) groups is 1. The fourth-order valence-corrected chi connectivity index (χ4v) is 3.81. The predicted molar refractivity (Wildman–Crippen MR) is 68.2 cm³/mol. The fourth-order valence-electron chi connectivity index (χ4n) is 3.13. The van der Waals surface area contributed by atoms with Gasteiger partial charge in [0.1, 0.15) is 0 Å². The van der Waals surface area contributed by atoms with Crippen molar-refractivity contribution in [1.82, 2.24) is 4.90 Å². The van der Waals surface area contributed by atoms with Gasteiger partial charge in [-0.2, -0.15) is 11.8 Å². The van der Waals surface area contributed by atoms with Gasteiger partial charge in [-0.25, -0.2) is 0 Å². The van der Waals surface area contributed by atoms with Gasteiger partial charge in [0.15, 0.2) is 0 Å². The summed E-state index contributed by atoms with van der Waals surface area (Å²) < 4.78 is 0. The molecule has 2 rings (SSSR count). The van der Waals surface area contributed by atoms with Crippen LogP contribution in [-0.2, 0) is 0 Å². The maximum atomic E-state index is 6.21. The van der Waals surface area contributed by atoms with Gasteiger partial charge >= 0.3 is 0 Å². The van der Waals surface area contributed by atoms with Crippen LogP contribution in [0.5, 0.6) is 0 Å². The Balaban J connectivity index is 1.77. The quantitative estimate of drug-likeness (QED) is 0.744. The highest BCUT2D eigenvalue weighted by Crippen LogP contribution is 2.35. The van der Waals surface area contributed by atoms with Crippen molar-refractivity contribution in [2.45, 2.75) is 32.2 Å². The van der Waals surface area contributed by atoms with Crippen molar-refractivity contribution in [3.63, 3.8) is 0 Å². The SMILES string of the molecule is CCSCCN1CC2CCCC(N)C2C1. The first-order valence-electron chi connectivity index (χ1n) is 6.37. The molecule has 1 heterocycles. The molecular weight excluding hydrogens is 204 g/mol. The van der Waals surface area contributed by atoms with E-state index < -0.39 is 0 Å². The number of nitrogens with two attached hydrogens (primary N) is 1. The number of rotatable bonds is 4. The lowest BCUT2D eigenvalue weighted by molar-refractivity contribution is 0.259. The van der Waals surface area contributed by atoms with E-state index in [1.165, 1.54) is 50.4 Å². The van der Waals surface area contributed by atoms with E-state index in [1.54, 1.807) is 0 Å². The average molecular weight is 228 g/mol. The highest BCUT2D eigenvalue weighted by molar-refractivity contribution is 7.99. The summed E-state index contributed by atoms with van der Waals surface area (Å²) in [5.74, 6) is 4.27. The van der Waals surface area contributed by atoms with Gasteiger partial charge in [-0.15, -0.1) is 0 Å². The van der Waals surface area contributed by atoms with Gasteiger partial charge in [-0.1, -0.05) is 13.3 Å². The van der Waals surface area contributed by atoms with Crippen LogP contribution in [0.3, 0.4) is 0 Å². The van der Waals surface area contributed by atoms with Crippen molar-refractivity contribution >= 4 is 11.8 Å². The normalized spacial score (nSPS) is 36.8. The van der Waals surface area contributed by atoms with E-state index in [9.17, 15) is 0 Å². The van der Waals surface area contributed by atoms with Crippen molar-refractivity contribution in [2.24, 2.45) is 17.6 Å². The summed E-state index contributed by atoms with van der Waals surface area (Å²) >= 11 is 2.06. The van der Waals surface area contributed by atoms with E-state index in [2.05, 4.69) is 23.6 Å². The first-order chi connectivity index (χ1) is 7.31. The summed E-state index contributed by atoms with van der Waals surface area (Å²) in [5, 5.41) is 0. The Hall–Kier alpha value is 0.270. The molecule has 1 aliphatic heterocycles. The molecular formula is C12H24N2S. The second-order valence-electron chi connectivity index (χ2n) is 4.98. The van der Waals surface area contributed by atoms with E-state index >= 15 is 0 Å². The molecule has 2 aliphatic rings. The van der Waals surface area contributed by atoms with Gasteiger partial charge in [0.25, 0.3) is 0 Å². The third-order valence-electron chi connectivity index (χ3n) is 3.99. The van der Waals surface area contributed by atoms with E-state index in [4.69, 9.17) is 5.73 Å². The Labute approximate surface area is 98.0 Å². The lowest BCUT2D eigenvalue weighted by atomic mass is 9.78. The zero-order valence-corrected chi connectivity index (χ0v) is 10.6. The lowest BCUT2D eigenvalue weighted by Crippen LogP contribution is -2.38. The van der Waals surface area contributed by atoms with Gasteiger partial charge < -0.3 is 10.6 Å². The summed E-state index contributed by atoms with van der Waals surface area (Å²) in [6.07, 6.45) is 4.05. The molecule has 0 bridgehead atoms. The topological polar surface area (TPSA) is 29.3 Å². The molecule has 0 aromatic rings. The first-order valence-corrected chi connectivity index (χ1v) is 7.52. The van der Waals surface area contributed by atoms with Gasteiger partial charge in [0.05, 0.1) is 0 Å². The number of likely N-dealkylation sites (tertiary alicyclic amines) is 1. The second-order valence-corrected chi connectivity index (χ2v) is 6.37. The minimum Gasteiger partial charge on any atom is -0.327 e. The minimum atomic E-state index is 0.493. The molecule has 3 unspecified atom stereocenters. The summed E-state index contributed by atoms with van der Waals surface area (Å²) in [6.45, 7) is 6.11. The van der Waals surface area contributed by atoms with Crippen LogP contribution < -0.4 is 5.73 Å². The molecule has 0 aromatic carbocycles. The van der Waals surface area contributed by atoms with E-state index in [0.29, 0.717) is 6.04 Å². The molecule has 1 saturated heterocycles. The molecule has 0 radical (unpaired) electrons. The van der Waals surface area contributed by atoms with E-state index in [1.807, 2.05) is 0 Å². The highest BCUT2D eigenvalue weighted by Gasteiger charge is 2.38. The third-order valence-corrected chi connectivity index (χ3v) is 4.87. The summed E-state index contributed by atoms with van der Waals surface area (Å²) in [5.41, 5.74) is 6.21. The number of hydrogen-bond acceptors (Lipinski definition) is 3. The molecule has 2 N–H and O–H groups in total. The molecule has 15 heavy (non-hydrogen) atoms. The van der Waals surface area contributed by atoms with Crippen LogP contribution in [0.25, 0.3) is 0 Å². The second kappa shape index (κ2) is 5.55. The van der Waals surface area contributed by atoms with Crippen molar-refractivity contribution in [3.8, 4) is 0 Å². The summed E-state index contributed by atoms with van der Waals surface area (Å²) in [7, 11) is 0. The van der Waals surface area contributed by atoms with Crippen LogP contribution in [0.1, 0.15) is 26.2 Å². The number of nitrogens with zero attached hydrogens (tertiary/aromatic N) is 1. The van der Waals surface area contributed by atoms with Crippen LogP contribution in [0, 0.1) is 11.8 Å². The molecule has 88 valence electrons. The molecule has 0 amide bonds. The maximum absolute atomic E-state index is 6.21. The molecule has 2 fully saturated rings. The van der Waals surface area contributed by atoms with Gasteiger partial charge in [-0.05, 0) is 30.4 Å². The summed E-state index contributed by atoms with van der Waals surface area (Å²) in [6, 6.07) is 0.493. The zero-order valence-electron chi connectivity index (χ0n) is 9.82. The Morgan fingerprint density at radius 3 is 2.93 bits per heavy atom. The molecule has 3 heteroatoms. The predicted octanol–water partition coefficient (Wildman–Crippen LogP) is 1.80. The molecule has 0 aromatic heterocycles. The number of fused-ring (bicyclic) bond motifs is 1. The van der Waals surface area contributed by atoms with Gasteiger partial charge in [0.2, 0.25) is 0 Å². The molecule has 3 atom stereocenters. The zero-order chi connectivity index (χ0) is 10.7. The van der Waals surface area contributed by atoms with Crippen molar-refractivity contribution in [1.29, 1.82) is 0 Å². The Kier molecular flexibility index (Phi) is 4.35. The van der Waals surface area contributed by atoms with Crippen LogP contribution in [0.2, 0.25) is 0 Å².